The van der Waals surface area contributed by atoms with Crippen LogP contribution in [0.1, 0.15) is 42.5 Å². The summed E-state index contributed by atoms with van der Waals surface area (Å²) in [6.45, 7) is 8.33. The van der Waals surface area contributed by atoms with Crippen LogP contribution in [-0.2, 0) is 9.31 Å². The number of hydrogen-bond acceptors (Lipinski definition) is 12. The molecule has 370 valence electrons. The van der Waals surface area contributed by atoms with E-state index in [9.17, 15) is 20.2 Å². The molecule has 0 radical (unpaired) electrons. The van der Waals surface area contributed by atoms with Gasteiger partial charge in [0.2, 0.25) is 0 Å². The largest absolute Gasteiger partial charge is 0.494 e. The highest BCUT2D eigenvalue weighted by Crippen LogP contribution is 2.39. The number of nitro benzene ring substituents is 2. The van der Waals surface area contributed by atoms with Gasteiger partial charge in [-0.05, 0) is 115 Å². The number of fused-ring (bicyclic) bond motifs is 8. The van der Waals surface area contributed by atoms with Crippen molar-refractivity contribution in [1.29, 1.82) is 0 Å². The quantitative estimate of drug-likeness (QED) is 0.0888. The topological polar surface area (TPSA) is 166 Å². The van der Waals surface area contributed by atoms with Gasteiger partial charge in [-0.1, -0.05) is 112 Å². The number of nitrogens with zero attached hydrogens (tertiary/aromatic N) is 8. The van der Waals surface area contributed by atoms with Crippen molar-refractivity contribution >= 4 is 129 Å². The Morgan fingerprint density at radius 2 is 0.851 bits per heavy atom. The van der Waals surface area contributed by atoms with Gasteiger partial charge >= 0.3 is 7.12 Å². The van der Waals surface area contributed by atoms with Crippen LogP contribution in [0.2, 0.25) is 0 Å². The van der Waals surface area contributed by atoms with E-state index >= 15 is 0 Å². The van der Waals surface area contributed by atoms with Gasteiger partial charge in [-0.2, -0.15) is 17.5 Å². The van der Waals surface area contributed by atoms with Gasteiger partial charge in [-0.25, -0.2) is 0 Å². The molecule has 14 nitrogen and oxygen atoms in total. The van der Waals surface area contributed by atoms with E-state index in [1.165, 1.54) is 44.7 Å². The summed E-state index contributed by atoms with van der Waals surface area (Å²) in [5.41, 5.74) is 10.8. The molecule has 12 aromatic rings. The smallest absolute Gasteiger partial charge is 0.399 e. The molecule has 4 aromatic heterocycles. The number of rotatable bonds is 6. The van der Waals surface area contributed by atoms with Crippen molar-refractivity contribution in [3.8, 4) is 22.5 Å². The summed E-state index contributed by atoms with van der Waals surface area (Å²) < 4.78 is 33.9. The Labute approximate surface area is 443 Å². The van der Waals surface area contributed by atoms with Crippen molar-refractivity contribution < 1.29 is 19.2 Å². The zero-order chi connectivity index (χ0) is 49.9. The van der Waals surface area contributed by atoms with Crippen LogP contribution < -0.4 is 5.46 Å². The lowest BCUT2D eigenvalue weighted by Gasteiger charge is -2.32. The van der Waals surface area contributed by atoms with Gasteiger partial charge < -0.3 is 18.4 Å². The summed E-state index contributed by atoms with van der Waals surface area (Å²) in [5, 5.41) is 26.8. The molecule has 0 unspecified atom stereocenters. The number of halogens is 1. The maximum Gasteiger partial charge on any atom is 0.494 e. The first kappa shape index (κ1) is 51.2. The highest BCUT2D eigenvalue weighted by Gasteiger charge is 2.51. The third-order valence-corrected chi connectivity index (χ3v) is 15.1. The second-order valence-corrected chi connectivity index (χ2v) is 20.0. The van der Waals surface area contributed by atoms with Gasteiger partial charge in [-0.3, -0.25) is 20.2 Å². The fourth-order valence-electron chi connectivity index (χ4n) is 9.16. The Morgan fingerprint density at radius 3 is 1.28 bits per heavy atom. The van der Waals surface area contributed by atoms with E-state index in [0.717, 1.165) is 66.9 Å². The van der Waals surface area contributed by atoms with E-state index in [4.69, 9.17) is 9.31 Å². The number of nitro groups is 2. The fraction of sp³-hybridized carbons (Fsp3) is 0.143. The third-order valence-electron chi connectivity index (χ3n) is 13.4. The van der Waals surface area contributed by atoms with Crippen LogP contribution in [0.4, 0.5) is 11.4 Å². The van der Waals surface area contributed by atoms with Crippen molar-refractivity contribution in [2.45, 2.75) is 53.8 Å². The molecule has 5 heterocycles. The van der Waals surface area contributed by atoms with E-state index in [1.807, 2.05) is 12.1 Å². The van der Waals surface area contributed by atoms with Gasteiger partial charge in [0.25, 0.3) is 11.4 Å². The molecule has 1 aliphatic heterocycles. The first-order valence-electron chi connectivity index (χ1n) is 22.8. The van der Waals surface area contributed by atoms with E-state index < -0.39 is 9.85 Å². The number of para-hydroxylation sites is 4. The minimum atomic E-state index is -0.462. The normalized spacial score (nSPS) is 13.6. The molecule has 13 rings (SSSR count). The monoisotopic (exact) mass is 1080 g/mol. The summed E-state index contributed by atoms with van der Waals surface area (Å²) in [6.07, 6.45) is 0. The molecule has 1 fully saturated rings. The molecule has 8 aromatic carbocycles. The zero-order valence-electron chi connectivity index (χ0n) is 39.0. The van der Waals surface area contributed by atoms with E-state index in [1.54, 1.807) is 12.1 Å². The lowest BCUT2D eigenvalue weighted by molar-refractivity contribution is -0.383. The number of non-ortho nitro benzene ring substituents is 2. The lowest BCUT2D eigenvalue weighted by Crippen LogP contribution is -2.41. The predicted molar refractivity (Wildman–Crippen MR) is 306 cm³/mol. The van der Waals surface area contributed by atoms with Gasteiger partial charge in [0.1, 0.15) is 11.0 Å². The van der Waals surface area contributed by atoms with Crippen LogP contribution in [0, 0.1) is 20.2 Å². The first-order valence-corrected chi connectivity index (χ1v) is 25.0. The second kappa shape index (κ2) is 20.3. The van der Waals surface area contributed by atoms with Crippen LogP contribution >= 0.6 is 39.4 Å². The Hall–Kier alpha value is -7.74. The van der Waals surface area contributed by atoms with Crippen molar-refractivity contribution in [1.82, 2.24) is 26.6 Å². The highest BCUT2D eigenvalue weighted by molar-refractivity contribution is 9.10. The van der Waals surface area contributed by atoms with Gasteiger partial charge in [-0.15, -0.1) is 0 Å². The maximum atomic E-state index is 11.3. The number of hydrogen-bond donors (Lipinski definition) is 0. The number of benzene rings is 8. The Kier molecular flexibility index (Phi) is 14.0. The van der Waals surface area contributed by atoms with Crippen molar-refractivity contribution in [3.63, 3.8) is 0 Å². The zero-order valence-corrected chi connectivity index (χ0v) is 42.2. The van der Waals surface area contributed by atoms with Crippen LogP contribution in [-0.4, -0.2) is 54.8 Å². The molecule has 1 aliphatic rings. The average molecular weight is 1080 g/mol. The summed E-state index contributed by atoms with van der Waals surface area (Å²) in [5.74, 6) is 0. The summed E-state index contributed by atoms with van der Waals surface area (Å²) in [7, 11) is -0.336. The molecule has 0 saturated carbocycles. The van der Waals surface area contributed by atoms with E-state index in [2.05, 4.69) is 204 Å². The molecule has 0 bridgehead atoms. The molecule has 0 aliphatic carbocycles. The van der Waals surface area contributed by atoms with Crippen LogP contribution in [0.25, 0.3) is 88.2 Å². The Morgan fingerprint density at radius 1 is 0.486 bits per heavy atom. The Balaban J connectivity index is 0.000000145. The molecule has 1 saturated heterocycles. The Bertz CT molecular complexity index is 3940. The lowest BCUT2D eigenvalue weighted by atomic mass is 9.79. The van der Waals surface area contributed by atoms with Crippen LogP contribution in [0.15, 0.2) is 174 Å². The molecule has 0 amide bonds. The molecular weight excluding hydrogens is 1040 g/mol. The van der Waals surface area contributed by atoms with Gasteiger partial charge in [0.15, 0.2) is 11.0 Å². The van der Waals surface area contributed by atoms with Crippen molar-refractivity contribution in [2.75, 3.05) is 0 Å². The first-order chi connectivity index (χ1) is 34.8. The molecule has 0 N–H and O–H groups in total. The van der Waals surface area contributed by atoms with Gasteiger partial charge in [0, 0.05) is 55.1 Å². The van der Waals surface area contributed by atoms with E-state index in [0.29, 0.717) is 22.1 Å². The fourth-order valence-corrected chi connectivity index (χ4v) is 10.8. The highest BCUT2D eigenvalue weighted by atomic mass is 79.9. The standard InChI is InChI=1S/C24H24BNO2.C24H14N4O2S.C6H2BrN3O2S.2CH4/c1-23(2)24(3,4)28-25(27-23)17-13-15-18(16-14-17)26-21-11-7-5-9-19(21)20-10-6-8-12-22(20)26;29-28(30)22-14-13-17(23-24(22)26-31-25-23)15-9-11-16(12-10-15)27-20-7-3-1-5-18(20)19-6-2-4-8-21(19)27;7-3-1-2-4(10(11)12)6-5(3)8-13-9-6;;/h5-16H,1-4H3;1-14H;1-2H;2*1H4. The third kappa shape index (κ3) is 8.98. The van der Waals surface area contributed by atoms with Crippen molar-refractivity contribution in [3.05, 3.63) is 195 Å². The summed E-state index contributed by atoms with van der Waals surface area (Å²) >= 11 is 5.19. The molecule has 0 spiro atoms. The average Bonchev–Trinajstić information content (AvgIpc) is 4.23. The molecule has 74 heavy (non-hydrogen) atoms. The van der Waals surface area contributed by atoms with E-state index in [-0.39, 0.29) is 44.5 Å². The minimum absolute atomic E-state index is 0. The number of aromatic nitrogens is 6. The minimum Gasteiger partial charge on any atom is -0.399 e. The molecule has 0 atom stereocenters. The molecule has 18 heteroatoms. The molecular formula is C56H48BBrN8O6S2. The van der Waals surface area contributed by atoms with Crippen LogP contribution in [0.3, 0.4) is 0 Å². The van der Waals surface area contributed by atoms with Crippen molar-refractivity contribution in [2.24, 2.45) is 0 Å². The summed E-state index contributed by atoms with van der Waals surface area (Å²) in [6, 6.07) is 56.9. The SMILES string of the molecule is C.C.CC1(C)OB(c2ccc(-n3c4ccccc4c4ccccc43)cc2)OC1(C)C.O=[N+]([O-])c1ccc(-c2ccc(-n3c4ccccc4c4ccccc43)cc2)c2nsnc12.O=[N+]([O-])c1ccc(Br)c2nsnc12. The predicted octanol–water partition coefficient (Wildman–Crippen LogP) is 15.1. The summed E-state index contributed by atoms with van der Waals surface area (Å²) in [4.78, 5) is 21.0. The van der Waals surface area contributed by atoms with Crippen LogP contribution in [0.5, 0.6) is 0 Å². The van der Waals surface area contributed by atoms with Gasteiger partial charge in [0.05, 0.1) is 66.6 Å². The second-order valence-electron chi connectivity index (χ2n) is 18.1. The maximum absolute atomic E-state index is 11.3.